The molecule has 0 aromatic heterocycles. The second-order valence-electron chi connectivity index (χ2n) is 6.60. The highest BCUT2D eigenvalue weighted by Gasteiger charge is 2.21. The number of ether oxygens (including phenoxy) is 1. The van der Waals surface area contributed by atoms with Crippen molar-refractivity contribution >= 4 is 12.0 Å². The monoisotopic (exact) mass is 395 g/mol. The lowest BCUT2D eigenvalue weighted by Gasteiger charge is -2.32. The molecule has 1 fully saturated rings. The van der Waals surface area contributed by atoms with Crippen molar-refractivity contribution in [2.75, 3.05) is 19.7 Å². The van der Waals surface area contributed by atoms with E-state index in [1.54, 1.807) is 6.08 Å². The Morgan fingerprint density at radius 2 is 1.62 bits per heavy atom. The van der Waals surface area contributed by atoms with Crippen molar-refractivity contribution in [3.63, 3.8) is 0 Å². The number of hydrogen-bond donors (Lipinski definition) is 0. The summed E-state index contributed by atoms with van der Waals surface area (Å²) in [6.07, 6.45) is 5.60. The van der Waals surface area contributed by atoms with E-state index in [-0.39, 0.29) is 5.97 Å². The molecule has 158 valence electrons. The second-order valence-corrected chi connectivity index (χ2v) is 6.60. The minimum absolute atomic E-state index is 0.260. The van der Waals surface area contributed by atoms with Gasteiger partial charge in [-0.3, -0.25) is 4.90 Å². The molecule has 0 saturated carbocycles. The van der Waals surface area contributed by atoms with Crippen molar-refractivity contribution < 1.29 is 9.53 Å². The zero-order valence-electron chi connectivity index (χ0n) is 18.5. The summed E-state index contributed by atoms with van der Waals surface area (Å²) >= 11 is 0. The van der Waals surface area contributed by atoms with Crippen LogP contribution in [-0.4, -0.2) is 30.6 Å². The van der Waals surface area contributed by atoms with Gasteiger partial charge in [0, 0.05) is 25.1 Å². The van der Waals surface area contributed by atoms with Gasteiger partial charge >= 0.3 is 5.97 Å². The summed E-state index contributed by atoms with van der Waals surface area (Å²) in [4.78, 5) is 14.4. The number of hydrogen-bond acceptors (Lipinski definition) is 3. The summed E-state index contributed by atoms with van der Waals surface area (Å²) in [6, 6.07) is 20.3. The predicted octanol–water partition coefficient (Wildman–Crippen LogP) is 6.21. The fourth-order valence-corrected chi connectivity index (χ4v) is 3.25. The molecule has 0 spiro atoms. The first-order valence-electron chi connectivity index (χ1n) is 11.0. The van der Waals surface area contributed by atoms with E-state index >= 15 is 0 Å². The van der Waals surface area contributed by atoms with E-state index in [4.69, 9.17) is 4.74 Å². The Labute approximate surface area is 177 Å². The molecule has 3 heteroatoms. The SMILES string of the molecule is CC.CC.O=C(C=Cc1ccccc1)OCC1CCCN(Cc2ccccc2)C1. The van der Waals surface area contributed by atoms with E-state index in [1.807, 2.05) is 64.1 Å². The Morgan fingerprint density at radius 3 is 2.28 bits per heavy atom. The number of nitrogens with zero attached hydrogens (tertiary/aromatic N) is 1. The average molecular weight is 396 g/mol. The van der Waals surface area contributed by atoms with Crippen LogP contribution in [-0.2, 0) is 16.1 Å². The average Bonchev–Trinajstić information content (AvgIpc) is 2.81. The molecule has 1 aliphatic heterocycles. The molecule has 0 bridgehead atoms. The van der Waals surface area contributed by atoms with Crippen LogP contribution in [0.4, 0.5) is 0 Å². The molecule has 1 saturated heterocycles. The molecule has 1 unspecified atom stereocenters. The normalized spacial score (nSPS) is 16.2. The summed E-state index contributed by atoms with van der Waals surface area (Å²) in [5.41, 5.74) is 2.34. The van der Waals surface area contributed by atoms with Crippen LogP contribution in [0.25, 0.3) is 6.08 Å². The highest BCUT2D eigenvalue weighted by Crippen LogP contribution is 2.19. The highest BCUT2D eigenvalue weighted by atomic mass is 16.5. The van der Waals surface area contributed by atoms with Crippen LogP contribution >= 0.6 is 0 Å². The maximum absolute atomic E-state index is 11.9. The van der Waals surface area contributed by atoms with Gasteiger partial charge in [0.05, 0.1) is 6.61 Å². The van der Waals surface area contributed by atoms with Gasteiger partial charge in [-0.05, 0) is 36.6 Å². The number of likely N-dealkylation sites (tertiary alicyclic amines) is 1. The fraction of sp³-hybridized carbons (Fsp3) is 0.423. The van der Waals surface area contributed by atoms with E-state index in [0.717, 1.165) is 38.0 Å². The van der Waals surface area contributed by atoms with E-state index in [2.05, 4.69) is 29.2 Å². The van der Waals surface area contributed by atoms with E-state index in [9.17, 15) is 4.79 Å². The van der Waals surface area contributed by atoms with Crippen LogP contribution in [0, 0.1) is 5.92 Å². The third-order valence-corrected chi connectivity index (χ3v) is 4.52. The third kappa shape index (κ3) is 10.1. The van der Waals surface area contributed by atoms with Gasteiger partial charge in [0.15, 0.2) is 0 Å². The second kappa shape index (κ2) is 15.5. The first kappa shape index (κ1) is 24.6. The van der Waals surface area contributed by atoms with Crippen LogP contribution in [0.15, 0.2) is 66.7 Å². The molecular formula is C26H37NO2. The molecule has 1 atom stereocenters. The maximum Gasteiger partial charge on any atom is 0.330 e. The minimum Gasteiger partial charge on any atom is -0.462 e. The Hall–Kier alpha value is -2.39. The van der Waals surface area contributed by atoms with Crippen molar-refractivity contribution in [1.29, 1.82) is 0 Å². The van der Waals surface area contributed by atoms with Crippen LogP contribution < -0.4 is 0 Å². The topological polar surface area (TPSA) is 29.5 Å². The van der Waals surface area contributed by atoms with Crippen molar-refractivity contribution in [2.24, 2.45) is 5.92 Å². The molecule has 0 N–H and O–H groups in total. The highest BCUT2D eigenvalue weighted by molar-refractivity contribution is 5.87. The summed E-state index contributed by atoms with van der Waals surface area (Å²) in [5.74, 6) is 0.163. The van der Waals surface area contributed by atoms with Crippen LogP contribution in [0.3, 0.4) is 0 Å². The van der Waals surface area contributed by atoms with Crippen molar-refractivity contribution in [3.05, 3.63) is 77.9 Å². The number of piperidine rings is 1. The van der Waals surface area contributed by atoms with Gasteiger partial charge in [0.2, 0.25) is 0 Å². The van der Waals surface area contributed by atoms with Gasteiger partial charge in [-0.25, -0.2) is 4.79 Å². The smallest absolute Gasteiger partial charge is 0.330 e. The zero-order valence-corrected chi connectivity index (χ0v) is 18.5. The summed E-state index contributed by atoms with van der Waals surface area (Å²) < 4.78 is 5.45. The largest absolute Gasteiger partial charge is 0.462 e. The Balaban J connectivity index is 0.000000989. The molecule has 1 heterocycles. The Bertz CT molecular complexity index is 682. The van der Waals surface area contributed by atoms with Gasteiger partial charge in [-0.2, -0.15) is 0 Å². The summed E-state index contributed by atoms with van der Waals surface area (Å²) in [5, 5.41) is 0. The van der Waals surface area contributed by atoms with Crippen LogP contribution in [0.2, 0.25) is 0 Å². The fourth-order valence-electron chi connectivity index (χ4n) is 3.25. The Kier molecular flexibility index (Phi) is 13.2. The molecule has 0 aliphatic carbocycles. The number of rotatable bonds is 6. The molecule has 3 nitrogen and oxygen atoms in total. The Morgan fingerprint density at radius 1 is 1.00 bits per heavy atom. The van der Waals surface area contributed by atoms with Gasteiger partial charge in [-0.15, -0.1) is 0 Å². The van der Waals surface area contributed by atoms with Gasteiger partial charge in [0.1, 0.15) is 0 Å². The molecular weight excluding hydrogens is 358 g/mol. The van der Waals surface area contributed by atoms with Crippen molar-refractivity contribution in [3.8, 4) is 0 Å². The summed E-state index contributed by atoms with van der Waals surface area (Å²) in [6.45, 7) is 11.6. The van der Waals surface area contributed by atoms with Crippen molar-refractivity contribution in [1.82, 2.24) is 4.90 Å². The molecule has 0 radical (unpaired) electrons. The minimum atomic E-state index is -0.260. The maximum atomic E-state index is 11.9. The van der Waals surface area contributed by atoms with Gasteiger partial charge < -0.3 is 4.74 Å². The van der Waals surface area contributed by atoms with Crippen LogP contribution in [0.1, 0.15) is 51.7 Å². The number of carbonyl (C=O) groups is 1. The van der Waals surface area contributed by atoms with Gasteiger partial charge in [-0.1, -0.05) is 88.4 Å². The van der Waals surface area contributed by atoms with E-state index in [0.29, 0.717) is 12.5 Å². The first-order chi connectivity index (χ1) is 14.3. The predicted molar refractivity (Wildman–Crippen MR) is 124 cm³/mol. The standard InChI is InChI=1S/C22H25NO2.2C2H6/c24-22(14-13-19-8-3-1-4-9-19)25-18-21-12-7-15-23(17-21)16-20-10-5-2-6-11-20;2*1-2/h1-6,8-11,13-14,21H,7,12,15-18H2;2*1-2H3. The van der Waals surface area contributed by atoms with Gasteiger partial charge in [0.25, 0.3) is 0 Å². The van der Waals surface area contributed by atoms with Crippen LogP contribution in [0.5, 0.6) is 0 Å². The summed E-state index contributed by atoms with van der Waals surface area (Å²) in [7, 11) is 0. The molecule has 2 aromatic rings. The van der Waals surface area contributed by atoms with E-state index in [1.165, 1.54) is 11.6 Å². The lowest BCUT2D eigenvalue weighted by molar-refractivity contribution is -0.139. The molecule has 0 amide bonds. The molecule has 29 heavy (non-hydrogen) atoms. The number of carbonyl (C=O) groups excluding carboxylic acids is 1. The third-order valence-electron chi connectivity index (χ3n) is 4.52. The molecule has 3 rings (SSSR count). The molecule has 2 aromatic carbocycles. The zero-order chi connectivity index (χ0) is 21.3. The first-order valence-corrected chi connectivity index (χ1v) is 11.0. The lowest BCUT2D eigenvalue weighted by Crippen LogP contribution is -2.37. The quantitative estimate of drug-likeness (QED) is 0.430. The number of esters is 1. The van der Waals surface area contributed by atoms with E-state index < -0.39 is 0 Å². The lowest BCUT2D eigenvalue weighted by atomic mass is 9.98. The molecule has 1 aliphatic rings. The number of benzene rings is 2. The van der Waals surface area contributed by atoms with Crippen molar-refractivity contribution in [2.45, 2.75) is 47.1 Å².